The van der Waals surface area contributed by atoms with Gasteiger partial charge in [-0.3, -0.25) is 4.79 Å². The summed E-state index contributed by atoms with van der Waals surface area (Å²) in [5.41, 5.74) is 0.472. The van der Waals surface area contributed by atoms with E-state index in [-0.39, 0.29) is 12.3 Å². The number of carbonyl (C=O) groups is 1. The van der Waals surface area contributed by atoms with E-state index < -0.39 is 0 Å². The number of hydrogen-bond acceptors (Lipinski definition) is 6. The fraction of sp³-hybridized carbons (Fsp3) is 0.357. The van der Waals surface area contributed by atoms with Gasteiger partial charge in [0, 0.05) is 18.9 Å². The molecular weight excluding hydrogens is 310 g/mol. The standard InChI is InChI=1S/C14H16ClN3O4/c1-8-16-14(22-18-8)5-4-13(19)17-10-6-9(15)11(20-2)7-12(10)21-3/h6-7H,4-5H2,1-3H3,(H,17,19). The zero-order valence-corrected chi connectivity index (χ0v) is 13.2. The topological polar surface area (TPSA) is 86.5 Å². The first kappa shape index (κ1) is 16.1. The molecule has 1 aromatic carbocycles. The molecule has 0 aliphatic carbocycles. The van der Waals surface area contributed by atoms with Crippen LogP contribution in [-0.2, 0) is 11.2 Å². The molecule has 0 aliphatic rings. The molecule has 1 amide bonds. The number of carbonyl (C=O) groups excluding carboxylic acids is 1. The van der Waals surface area contributed by atoms with Gasteiger partial charge in [-0.15, -0.1) is 0 Å². The van der Waals surface area contributed by atoms with Crippen molar-refractivity contribution < 1.29 is 18.8 Å². The van der Waals surface area contributed by atoms with Gasteiger partial charge in [-0.2, -0.15) is 4.98 Å². The van der Waals surface area contributed by atoms with Gasteiger partial charge in [-0.1, -0.05) is 16.8 Å². The number of ether oxygens (including phenoxy) is 2. The van der Waals surface area contributed by atoms with Crippen molar-refractivity contribution in [1.29, 1.82) is 0 Å². The van der Waals surface area contributed by atoms with E-state index in [4.69, 9.17) is 25.6 Å². The normalized spacial score (nSPS) is 10.4. The van der Waals surface area contributed by atoms with Crippen LogP contribution in [0.1, 0.15) is 18.1 Å². The molecule has 0 atom stereocenters. The van der Waals surface area contributed by atoms with E-state index in [2.05, 4.69) is 15.5 Å². The number of nitrogens with one attached hydrogen (secondary N) is 1. The Kier molecular flexibility index (Phi) is 5.21. The van der Waals surface area contributed by atoms with E-state index in [0.29, 0.717) is 40.3 Å². The number of nitrogens with zero attached hydrogens (tertiary/aromatic N) is 2. The van der Waals surface area contributed by atoms with E-state index in [9.17, 15) is 4.79 Å². The molecule has 22 heavy (non-hydrogen) atoms. The lowest BCUT2D eigenvalue weighted by atomic mass is 10.2. The number of aromatic nitrogens is 2. The summed E-state index contributed by atoms with van der Waals surface area (Å²) in [6.45, 7) is 1.72. The predicted molar refractivity (Wildman–Crippen MR) is 80.5 cm³/mol. The quantitative estimate of drug-likeness (QED) is 0.878. The minimum atomic E-state index is -0.213. The lowest BCUT2D eigenvalue weighted by Crippen LogP contribution is -2.13. The first-order valence-corrected chi connectivity index (χ1v) is 6.92. The third-order valence-corrected chi connectivity index (χ3v) is 3.18. The molecule has 0 unspecified atom stereocenters. The molecule has 2 rings (SSSR count). The van der Waals surface area contributed by atoms with Gasteiger partial charge in [-0.25, -0.2) is 0 Å². The Labute approximate surface area is 132 Å². The Morgan fingerprint density at radius 3 is 2.64 bits per heavy atom. The van der Waals surface area contributed by atoms with Crippen molar-refractivity contribution in [3.8, 4) is 11.5 Å². The van der Waals surface area contributed by atoms with Crippen LogP contribution in [-0.4, -0.2) is 30.3 Å². The maximum Gasteiger partial charge on any atom is 0.227 e. The number of hydrogen-bond donors (Lipinski definition) is 1. The van der Waals surface area contributed by atoms with Crippen LogP contribution in [0.3, 0.4) is 0 Å². The monoisotopic (exact) mass is 325 g/mol. The van der Waals surface area contributed by atoms with Gasteiger partial charge in [-0.05, 0) is 13.0 Å². The number of methoxy groups -OCH3 is 2. The number of anilines is 1. The van der Waals surface area contributed by atoms with Crippen LogP contribution in [0, 0.1) is 6.92 Å². The smallest absolute Gasteiger partial charge is 0.227 e. The van der Waals surface area contributed by atoms with Crippen molar-refractivity contribution in [2.24, 2.45) is 0 Å². The van der Waals surface area contributed by atoms with Gasteiger partial charge >= 0.3 is 0 Å². The second-order valence-electron chi connectivity index (χ2n) is 4.47. The molecule has 1 N–H and O–H groups in total. The second-order valence-corrected chi connectivity index (χ2v) is 4.88. The Morgan fingerprint density at radius 1 is 1.32 bits per heavy atom. The summed E-state index contributed by atoms with van der Waals surface area (Å²) in [7, 11) is 3.00. The van der Waals surface area contributed by atoms with Crippen molar-refractivity contribution >= 4 is 23.2 Å². The summed E-state index contributed by atoms with van der Waals surface area (Å²) in [6.07, 6.45) is 0.563. The SMILES string of the molecule is COc1cc(OC)c(NC(=O)CCc2nc(C)no2)cc1Cl. The summed E-state index contributed by atoms with van der Waals surface area (Å²) in [5.74, 6) is 1.68. The number of amides is 1. The minimum absolute atomic E-state index is 0.203. The van der Waals surface area contributed by atoms with Crippen molar-refractivity contribution in [2.45, 2.75) is 19.8 Å². The molecule has 0 saturated heterocycles. The predicted octanol–water partition coefficient (Wildman–Crippen LogP) is 2.62. The van der Waals surface area contributed by atoms with Gasteiger partial charge in [0.1, 0.15) is 11.5 Å². The average molecular weight is 326 g/mol. The van der Waals surface area contributed by atoms with Crippen LogP contribution in [0.25, 0.3) is 0 Å². The molecule has 1 heterocycles. The summed E-state index contributed by atoms with van der Waals surface area (Å²) in [6, 6.07) is 3.19. The third-order valence-electron chi connectivity index (χ3n) is 2.88. The van der Waals surface area contributed by atoms with Crippen molar-refractivity contribution in [2.75, 3.05) is 19.5 Å². The van der Waals surface area contributed by atoms with Gasteiger partial charge in [0.15, 0.2) is 5.82 Å². The molecule has 0 spiro atoms. The molecule has 0 radical (unpaired) electrons. The summed E-state index contributed by atoms with van der Waals surface area (Å²) >= 11 is 6.05. The van der Waals surface area contributed by atoms with E-state index in [1.54, 1.807) is 19.1 Å². The van der Waals surface area contributed by atoms with Crippen molar-refractivity contribution in [1.82, 2.24) is 10.1 Å². The van der Waals surface area contributed by atoms with Crippen LogP contribution in [0.5, 0.6) is 11.5 Å². The van der Waals surface area contributed by atoms with Crippen LogP contribution < -0.4 is 14.8 Å². The summed E-state index contributed by atoms with van der Waals surface area (Å²) in [4.78, 5) is 16.0. The van der Waals surface area contributed by atoms with Crippen LogP contribution in [0.4, 0.5) is 5.69 Å². The minimum Gasteiger partial charge on any atom is -0.495 e. The Balaban J connectivity index is 2.03. The molecular formula is C14H16ClN3O4. The van der Waals surface area contributed by atoms with Gasteiger partial charge in [0.25, 0.3) is 0 Å². The number of benzene rings is 1. The number of rotatable bonds is 6. The van der Waals surface area contributed by atoms with E-state index in [0.717, 1.165) is 0 Å². The Bertz CT molecular complexity index is 672. The Morgan fingerprint density at radius 2 is 2.05 bits per heavy atom. The van der Waals surface area contributed by atoms with Gasteiger partial charge < -0.3 is 19.3 Å². The van der Waals surface area contributed by atoms with Crippen molar-refractivity contribution in [3.63, 3.8) is 0 Å². The van der Waals surface area contributed by atoms with E-state index in [1.807, 2.05) is 0 Å². The largest absolute Gasteiger partial charge is 0.495 e. The average Bonchev–Trinajstić information content (AvgIpc) is 2.91. The van der Waals surface area contributed by atoms with Gasteiger partial charge in [0.2, 0.25) is 11.8 Å². The molecule has 0 bridgehead atoms. The second kappa shape index (κ2) is 7.13. The molecule has 118 valence electrons. The highest BCUT2D eigenvalue weighted by Gasteiger charge is 2.13. The van der Waals surface area contributed by atoms with Crippen LogP contribution in [0.2, 0.25) is 5.02 Å². The first-order chi connectivity index (χ1) is 10.5. The fourth-order valence-corrected chi connectivity index (χ4v) is 2.07. The van der Waals surface area contributed by atoms with E-state index >= 15 is 0 Å². The van der Waals surface area contributed by atoms with Gasteiger partial charge in [0.05, 0.1) is 24.9 Å². The number of aryl methyl sites for hydroxylation is 2. The summed E-state index contributed by atoms with van der Waals surface area (Å²) < 4.78 is 15.3. The zero-order valence-electron chi connectivity index (χ0n) is 12.5. The molecule has 2 aromatic rings. The lowest BCUT2D eigenvalue weighted by Gasteiger charge is -2.12. The number of halogens is 1. The highest BCUT2D eigenvalue weighted by atomic mass is 35.5. The van der Waals surface area contributed by atoms with Crippen LogP contribution in [0.15, 0.2) is 16.7 Å². The molecule has 8 heteroatoms. The molecule has 0 fully saturated rings. The molecule has 0 aliphatic heterocycles. The van der Waals surface area contributed by atoms with Crippen molar-refractivity contribution in [3.05, 3.63) is 28.9 Å². The highest BCUT2D eigenvalue weighted by Crippen LogP contribution is 2.35. The highest BCUT2D eigenvalue weighted by molar-refractivity contribution is 6.32. The maximum atomic E-state index is 12.0. The maximum absolute atomic E-state index is 12.0. The zero-order chi connectivity index (χ0) is 16.1. The lowest BCUT2D eigenvalue weighted by molar-refractivity contribution is -0.116. The molecule has 0 saturated carbocycles. The fourth-order valence-electron chi connectivity index (χ4n) is 1.83. The Hall–Kier alpha value is -2.28. The van der Waals surface area contributed by atoms with Crippen LogP contribution >= 0.6 is 11.6 Å². The summed E-state index contributed by atoms with van der Waals surface area (Å²) in [5, 5.41) is 6.78. The first-order valence-electron chi connectivity index (χ1n) is 6.54. The molecule has 7 nitrogen and oxygen atoms in total. The third kappa shape index (κ3) is 3.88. The van der Waals surface area contributed by atoms with E-state index in [1.165, 1.54) is 14.2 Å². The molecule has 1 aromatic heterocycles.